The Morgan fingerprint density at radius 3 is 2.53 bits per heavy atom. The van der Waals surface area contributed by atoms with Gasteiger partial charge >= 0.3 is 0 Å². The molecule has 1 aliphatic heterocycles. The summed E-state index contributed by atoms with van der Waals surface area (Å²) in [5.74, 6) is 0.861. The lowest BCUT2D eigenvalue weighted by Crippen LogP contribution is -2.28. The first-order valence-electron chi connectivity index (χ1n) is 6.10. The van der Waals surface area contributed by atoms with E-state index in [0.29, 0.717) is 6.04 Å². The Kier molecular flexibility index (Phi) is 5.30. The van der Waals surface area contributed by atoms with Gasteiger partial charge in [-0.3, -0.25) is 10.4 Å². The maximum Gasteiger partial charge on any atom is 0.177 e. The highest BCUT2D eigenvalue weighted by molar-refractivity contribution is 8.93. The number of hydrogen-bond acceptors (Lipinski definition) is 3. The number of hydrogen-bond donors (Lipinski definition) is 1. The molecule has 1 aliphatic carbocycles. The molecule has 1 fully saturated rings. The zero-order valence-corrected chi connectivity index (χ0v) is 13.6. The molecule has 1 aromatic rings. The molecule has 6 heteroatoms. The van der Waals surface area contributed by atoms with E-state index in [1.165, 1.54) is 19.3 Å². The van der Waals surface area contributed by atoms with Gasteiger partial charge in [-0.25, -0.2) is 0 Å². The van der Waals surface area contributed by atoms with Crippen molar-refractivity contribution in [1.29, 1.82) is 0 Å². The summed E-state index contributed by atoms with van der Waals surface area (Å²) >= 11 is 7.60. The average Bonchev–Trinajstić information content (AvgIpc) is 2.36. The highest BCUT2D eigenvalue weighted by Gasteiger charge is 2.19. The summed E-state index contributed by atoms with van der Waals surface area (Å²) in [4.78, 5) is 4.62. The first-order valence-corrected chi connectivity index (χ1v) is 7.47. The van der Waals surface area contributed by atoms with Gasteiger partial charge in [0, 0.05) is 10.8 Å². The van der Waals surface area contributed by atoms with Crippen molar-refractivity contribution in [2.24, 2.45) is 10.1 Å². The minimum absolute atomic E-state index is 0. The van der Waals surface area contributed by atoms with Crippen LogP contribution in [0.1, 0.15) is 24.8 Å². The van der Waals surface area contributed by atoms with Gasteiger partial charge < -0.3 is 0 Å². The lowest BCUT2D eigenvalue weighted by atomic mass is 9.94. The van der Waals surface area contributed by atoms with Crippen molar-refractivity contribution in [2.45, 2.75) is 25.3 Å². The fraction of sp³-hybridized carbons (Fsp3) is 0.385. The van der Waals surface area contributed by atoms with Gasteiger partial charge in [0.05, 0.1) is 11.8 Å². The van der Waals surface area contributed by atoms with E-state index in [2.05, 4.69) is 15.5 Å². The molecular formula is C13H15BrClN3S. The fourth-order valence-corrected chi connectivity index (χ4v) is 2.82. The third-order valence-electron chi connectivity index (χ3n) is 3.18. The zero-order chi connectivity index (χ0) is 12.4. The molecule has 0 atom stereocenters. The molecule has 0 saturated heterocycles. The molecule has 0 unspecified atom stereocenters. The highest BCUT2D eigenvalue weighted by Crippen LogP contribution is 2.24. The van der Waals surface area contributed by atoms with Crippen molar-refractivity contribution < 1.29 is 0 Å². The molecule has 3 rings (SSSR count). The maximum atomic E-state index is 5.87. The van der Waals surface area contributed by atoms with Crippen molar-refractivity contribution in [2.75, 3.05) is 5.75 Å². The van der Waals surface area contributed by atoms with Gasteiger partial charge in [0.1, 0.15) is 0 Å². The van der Waals surface area contributed by atoms with Crippen LogP contribution < -0.4 is 5.43 Å². The van der Waals surface area contributed by atoms with E-state index in [1.54, 1.807) is 11.8 Å². The molecule has 1 aromatic carbocycles. The van der Waals surface area contributed by atoms with Crippen molar-refractivity contribution >= 4 is 51.2 Å². The number of nitrogens with zero attached hydrogens (tertiary/aromatic N) is 2. The van der Waals surface area contributed by atoms with E-state index in [0.717, 1.165) is 27.2 Å². The predicted octanol–water partition coefficient (Wildman–Crippen LogP) is 3.87. The van der Waals surface area contributed by atoms with E-state index in [1.807, 2.05) is 24.3 Å². The van der Waals surface area contributed by atoms with E-state index >= 15 is 0 Å². The summed E-state index contributed by atoms with van der Waals surface area (Å²) in [6, 6.07) is 8.30. The van der Waals surface area contributed by atoms with Crippen LogP contribution in [0.5, 0.6) is 0 Å². The van der Waals surface area contributed by atoms with Gasteiger partial charge in [-0.1, -0.05) is 35.5 Å². The maximum absolute atomic E-state index is 5.87. The monoisotopic (exact) mass is 359 g/mol. The molecule has 0 radical (unpaired) electrons. The van der Waals surface area contributed by atoms with Gasteiger partial charge in [0.25, 0.3) is 0 Å². The van der Waals surface area contributed by atoms with Crippen LogP contribution in [0.25, 0.3) is 0 Å². The van der Waals surface area contributed by atoms with Crippen LogP contribution in [-0.2, 0) is 0 Å². The molecule has 1 N–H and O–H groups in total. The number of thioether (sulfide) groups is 1. The summed E-state index contributed by atoms with van der Waals surface area (Å²) in [6.45, 7) is 0. The van der Waals surface area contributed by atoms with Crippen LogP contribution in [0.15, 0.2) is 34.4 Å². The summed E-state index contributed by atoms with van der Waals surface area (Å²) in [5, 5.41) is 6.10. The second-order valence-corrected chi connectivity index (χ2v) is 5.89. The van der Waals surface area contributed by atoms with Crippen molar-refractivity contribution in [3.63, 3.8) is 0 Å². The first-order chi connectivity index (χ1) is 8.81. The van der Waals surface area contributed by atoms with Crippen LogP contribution in [0.3, 0.4) is 0 Å². The Balaban J connectivity index is 0.00000133. The van der Waals surface area contributed by atoms with Crippen LogP contribution >= 0.6 is 40.3 Å². The molecule has 2 aliphatic rings. The summed E-state index contributed by atoms with van der Waals surface area (Å²) < 4.78 is 0. The minimum Gasteiger partial charge on any atom is -0.258 e. The van der Waals surface area contributed by atoms with Gasteiger partial charge in [-0.15, -0.1) is 17.0 Å². The third-order valence-corrected chi connectivity index (χ3v) is 4.32. The van der Waals surface area contributed by atoms with Gasteiger partial charge in [-0.2, -0.15) is 5.10 Å². The molecule has 102 valence electrons. The second kappa shape index (κ2) is 6.77. The van der Waals surface area contributed by atoms with Gasteiger partial charge in [0.2, 0.25) is 0 Å². The normalized spacial score (nSPS) is 21.1. The molecule has 1 saturated carbocycles. The Bertz CT molecular complexity index is 497. The van der Waals surface area contributed by atoms with E-state index in [4.69, 9.17) is 11.6 Å². The van der Waals surface area contributed by atoms with E-state index in [9.17, 15) is 0 Å². The molecule has 0 aromatic heterocycles. The molecule has 0 spiro atoms. The number of benzene rings is 1. The number of aliphatic imine (C=N–C) groups is 1. The molecule has 0 bridgehead atoms. The smallest absolute Gasteiger partial charge is 0.177 e. The van der Waals surface area contributed by atoms with E-state index in [-0.39, 0.29) is 17.0 Å². The van der Waals surface area contributed by atoms with Gasteiger partial charge in [-0.05, 0) is 37.0 Å². The van der Waals surface area contributed by atoms with Crippen LogP contribution in [0.2, 0.25) is 5.02 Å². The first kappa shape index (κ1) is 14.9. The number of rotatable bonds is 2. The fourth-order valence-electron chi connectivity index (χ4n) is 1.85. The minimum atomic E-state index is 0. The van der Waals surface area contributed by atoms with E-state index < -0.39 is 0 Å². The average molecular weight is 361 g/mol. The van der Waals surface area contributed by atoms with Crippen LogP contribution in [-0.4, -0.2) is 22.7 Å². The number of halogens is 2. The quantitative estimate of drug-likeness (QED) is 0.869. The lowest BCUT2D eigenvalue weighted by Gasteiger charge is -2.23. The molecular weight excluding hydrogens is 346 g/mol. The predicted molar refractivity (Wildman–Crippen MR) is 89.0 cm³/mol. The number of amidine groups is 1. The molecule has 0 amide bonds. The lowest BCUT2D eigenvalue weighted by molar-refractivity contribution is 0.420. The number of nitrogens with one attached hydrogen (secondary N) is 1. The summed E-state index contributed by atoms with van der Waals surface area (Å²) in [6.07, 6.45) is 3.75. The SMILES string of the molecule is Br.Clc1ccc(C2=NNC(=NC3CCC3)SC2)cc1. The van der Waals surface area contributed by atoms with Crippen molar-refractivity contribution in [1.82, 2.24) is 5.43 Å². The summed E-state index contributed by atoms with van der Waals surface area (Å²) in [5.41, 5.74) is 5.21. The van der Waals surface area contributed by atoms with Gasteiger partial charge in [0.15, 0.2) is 5.17 Å². The molecule has 1 heterocycles. The third kappa shape index (κ3) is 3.74. The molecule has 19 heavy (non-hydrogen) atoms. The Hall–Kier alpha value is -0.520. The number of hydrazone groups is 1. The van der Waals surface area contributed by atoms with Crippen LogP contribution in [0.4, 0.5) is 0 Å². The summed E-state index contributed by atoms with van der Waals surface area (Å²) in [7, 11) is 0. The van der Waals surface area contributed by atoms with Crippen molar-refractivity contribution in [3.05, 3.63) is 34.9 Å². The zero-order valence-electron chi connectivity index (χ0n) is 10.3. The van der Waals surface area contributed by atoms with Crippen molar-refractivity contribution in [3.8, 4) is 0 Å². The van der Waals surface area contributed by atoms with Crippen LogP contribution in [0, 0.1) is 0 Å². The topological polar surface area (TPSA) is 36.8 Å². The Morgan fingerprint density at radius 1 is 1.26 bits per heavy atom. The second-order valence-electron chi connectivity index (χ2n) is 4.48. The Labute approximate surface area is 132 Å². The molecule has 3 nitrogen and oxygen atoms in total. The Morgan fingerprint density at radius 2 is 2.00 bits per heavy atom. The largest absolute Gasteiger partial charge is 0.258 e. The highest BCUT2D eigenvalue weighted by atomic mass is 79.9. The standard InChI is InChI=1S/C13H14ClN3S.BrH/c14-10-6-4-9(5-7-10)12-8-18-13(17-16-12)15-11-2-1-3-11;/h4-7,11H,1-3,8H2,(H,15,17);1H.